The number of sulfonamides is 1. The van der Waals surface area contributed by atoms with Crippen LogP contribution in [0.5, 0.6) is 5.75 Å². The Kier molecular flexibility index (Phi) is 8.05. The Hall–Kier alpha value is -2.77. The van der Waals surface area contributed by atoms with E-state index >= 15 is 0 Å². The van der Waals surface area contributed by atoms with Gasteiger partial charge in [-0.25, -0.2) is 17.2 Å². The zero-order valence-electron chi connectivity index (χ0n) is 20.0. The second-order valence-corrected chi connectivity index (χ2v) is 12.5. The molecule has 7 nitrogen and oxygen atoms in total. The van der Waals surface area contributed by atoms with Crippen LogP contribution in [-0.4, -0.2) is 38.3 Å². The van der Waals surface area contributed by atoms with Gasteiger partial charge < -0.3 is 15.8 Å². The van der Waals surface area contributed by atoms with Crippen LogP contribution in [0.3, 0.4) is 0 Å². The van der Waals surface area contributed by atoms with E-state index in [0.717, 1.165) is 12.1 Å². The molecule has 37 heavy (non-hydrogen) atoms. The molecule has 0 bridgehead atoms. The van der Waals surface area contributed by atoms with Crippen molar-refractivity contribution in [3.8, 4) is 5.75 Å². The molecule has 11 heteroatoms. The minimum Gasteiger partial charge on any atom is -0.492 e. The molecule has 1 unspecified atom stereocenters. The zero-order chi connectivity index (χ0) is 26.8. The molecule has 1 aliphatic heterocycles. The van der Waals surface area contributed by atoms with Gasteiger partial charge in [0.05, 0.1) is 22.9 Å². The van der Waals surface area contributed by atoms with E-state index < -0.39 is 33.0 Å². The molecular formula is C26H26F2IN3O4S. The highest BCUT2D eigenvalue weighted by molar-refractivity contribution is 14.1. The Labute approximate surface area is 228 Å². The molecule has 1 aliphatic rings. The summed E-state index contributed by atoms with van der Waals surface area (Å²) in [5.74, 6) is -2.28. The summed E-state index contributed by atoms with van der Waals surface area (Å²) in [7, 11) is -3.70. The van der Waals surface area contributed by atoms with Crippen LogP contribution in [-0.2, 0) is 10.0 Å². The molecule has 3 N–H and O–H groups in total. The lowest BCUT2D eigenvalue weighted by Gasteiger charge is -2.39. The zero-order valence-corrected chi connectivity index (χ0v) is 23.0. The number of rotatable bonds is 8. The summed E-state index contributed by atoms with van der Waals surface area (Å²) in [6.45, 7) is 2.44. The second-order valence-electron chi connectivity index (χ2n) is 9.29. The Morgan fingerprint density at radius 2 is 1.86 bits per heavy atom. The fourth-order valence-corrected chi connectivity index (χ4v) is 6.47. The summed E-state index contributed by atoms with van der Waals surface area (Å²) in [5.41, 5.74) is 4.86. The highest BCUT2D eigenvalue weighted by Crippen LogP contribution is 2.36. The molecule has 0 saturated carbocycles. The number of carbonyl (C=O) groups is 1. The highest BCUT2D eigenvalue weighted by Gasteiger charge is 2.38. The summed E-state index contributed by atoms with van der Waals surface area (Å²) in [5, 5.41) is 2.74. The molecule has 3 aromatic carbocycles. The van der Waals surface area contributed by atoms with Crippen molar-refractivity contribution in [3.05, 3.63) is 81.4 Å². The summed E-state index contributed by atoms with van der Waals surface area (Å²) < 4.78 is 63.2. The van der Waals surface area contributed by atoms with Gasteiger partial charge in [-0.15, -0.1) is 0 Å². The molecule has 4 rings (SSSR count). The lowest BCUT2D eigenvalue weighted by molar-refractivity contribution is 0.0903. The molecule has 0 spiro atoms. The SMILES string of the molecule is CC1(COc2cc(F)cc(Nc3ccc(I)cc3F)c2C(N)=O)CCCN(S(=O)(=O)c2ccccc2)C1. The van der Waals surface area contributed by atoms with E-state index in [1.54, 1.807) is 36.4 Å². The van der Waals surface area contributed by atoms with Gasteiger partial charge in [0.25, 0.3) is 5.91 Å². The number of halogens is 3. The molecule has 196 valence electrons. The summed E-state index contributed by atoms with van der Waals surface area (Å²) in [6, 6.07) is 14.7. The Balaban J connectivity index is 1.58. The number of nitrogens with one attached hydrogen (secondary N) is 1. The number of anilines is 2. The van der Waals surface area contributed by atoms with Gasteiger partial charge in [0, 0.05) is 28.1 Å². The quantitative estimate of drug-likeness (QED) is 0.326. The number of hydrogen-bond acceptors (Lipinski definition) is 5. The smallest absolute Gasteiger partial charge is 0.254 e. The molecule has 1 atom stereocenters. The van der Waals surface area contributed by atoms with Crippen molar-refractivity contribution >= 4 is 49.9 Å². The van der Waals surface area contributed by atoms with Crippen LogP contribution < -0.4 is 15.8 Å². The highest BCUT2D eigenvalue weighted by atomic mass is 127. The van der Waals surface area contributed by atoms with Crippen LogP contribution >= 0.6 is 22.6 Å². The molecular weight excluding hydrogens is 615 g/mol. The molecule has 0 aliphatic carbocycles. The van der Waals surface area contributed by atoms with Crippen molar-refractivity contribution in [2.24, 2.45) is 11.1 Å². The van der Waals surface area contributed by atoms with Gasteiger partial charge in [-0.2, -0.15) is 4.31 Å². The fourth-order valence-electron chi connectivity index (χ4n) is 4.37. The Bertz CT molecular complexity index is 1420. The lowest BCUT2D eigenvalue weighted by atomic mass is 9.84. The number of ether oxygens (including phenoxy) is 1. The molecule has 1 heterocycles. The molecule has 1 fully saturated rings. The maximum atomic E-state index is 14.6. The van der Waals surface area contributed by atoms with Crippen LogP contribution in [0.25, 0.3) is 0 Å². The van der Waals surface area contributed by atoms with Crippen molar-refractivity contribution in [1.82, 2.24) is 4.31 Å². The van der Waals surface area contributed by atoms with Gasteiger partial charge in [0.2, 0.25) is 10.0 Å². The number of hydrogen-bond donors (Lipinski definition) is 2. The summed E-state index contributed by atoms with van der Waals surface area (Å²) in [6.07, 6.45) is 1.27. The third kappa shape index (κ3) is 6.21. The van der Waals surface area contributed by atoms with Crippen molar-refractivity contribution in [1.29, 1.82) is 0 Å². The average Bonchev–Trinajstić information content (AvgIpc) is 2.84. The van der Waals surface area contributed by atoms with Crippen LogP contribution in [0.2, 0.25) is 0 Å². The molecule has 0 radical (unpaired) electrons. The lowest BCUT2D eigenvalue weighted by Crippen LogP contribution is -2.47. The fraction of sp³-hybridized carbons (Fsp3) is 0.269. The van der Waals surface area contributed by atoms with Gasteiger partial charge in [-0.05, 0) is 71.8 Å². The van der Waals surface area contributed by atoms with E-state index in [0.29, 0.717) is 23.0 Å². The van der Waals surface area contributed by atoms with Crippen LogP contribution in [0.1, 0.15) is 30.1 Å². The van der Waals surface area contributed by atoms with E-state index in [1.165, 1.54) is 16.4 Å². The average molecular weight is 641 g/mol. The van der Waals surface area contributed by atoms with Gasteiger partial charge in [0.1, 0.15) is 22.9 Å². The molecule has 3 aromatic rings. The number of carbonyl (C=O) groups excluding carboxylic acids is 1. The molecule has 1 saturated heterocycles. The topological polar surface area (TPSA) is 102 Å². The van der Waals surface area contributed by atoms with Gasteiger partial charge in [-0.3, -0.25) is 4.79 Å². The Morgan fingerprint density at radius 1 is 1.14 bits per heavy atom. The number of benzene rings is 3. The summed E-state index contributed by atoms with van der Waals surface area (Å²) in [4.78, 5) is 12.6. The van der Waals surface area contributed by atoms with Gasteiger partial charge in [0.15, 0.2) is 0 Å². The van der Waals surface area contributed by atoms with Crippen LogP contribution in [0, 0.1) is 20.6 Å². The first-order chi connectivity index (χ1) is 17.5. The van der Waals surface area contributed by atoms with E-state index in [-0.39, 0.29) is 40.7 Å². The summed E-state index contributed by atoms with van der Waals surface area (Å²) >= 11 is 1.96. The van der Waals surface area contributed by atoms with Crippen molar-refractivity contribution in [2.45, 2.75) is 24.7 Å². The van der Waals surface area contributed by atoms with Gasteiger partial charge >= 0.3 is 0 Å². The minimum atomic E-state index is -3.70. The van der Waals surface area contributed by atoms with E-state index in [1.807, 2.05) is 29.5 Å². The van der Waals surface area contributed by atoms with Crippen LogP contribution in [0.15, 0.2) is 65.6 Å². The third-order valence-electron chi connectivity index (χ3n) is 6.22. The van der Waals surface area contributed by atoms with E-state index in [2.05, 4.69) is 5.32 Å². The van der Waals surface area contributed by atoms with Crippen molar-refractivity contribution in [3.63, 3.8) is 0 Å². The minimum absolute atomic E-state index is 0.00881. The van der Waals surface area contributed by atoms with E-state index in [4.69, 9.17) is 10.5 Å². The predicted molar refractivity (Wildman–Crippen MR) is 145 cm³/mol. The maximum Gasteiger partial charge on any atom is 0.254 e. The maximum absolute atomic E-state index is 14.6. The van der Waals surface area contributed by atoms with E-state index in [9.17, 15) is 22.0 Å². The largest absolute Gasteiger partial charge is 0.492 e. The Morgan fingerprint density at radius 3 is 2.54 bits per heavy atom. The molecule has 1 amide bonds. The van der Waals surface area contributed by atoms with Crippen LogP contribution in [0.4, 0.5) is 20.2 Å². The predicted octanol–water partition coefficient (Wildman–Crippen LogP) is 5.28. The number of amides is 1. The second kappa shape index (κ2) is 10.9. The number of nitrogens with zero attached hydrogens (tertiary/aromatic N) is 1. The van der Waals surface area contributed by atoms with Crippen molar-refractivity contribution in [2.75, 3.05) is 25.0 Å². The number of primary amides is 1. The molecule has 0 aromatic heterocycles. The first-order valence-corrected chi connectivity index (χ1v) is 14.0. The number of piperidine rings is 1. The normalized spacial score (nSPS) is 18.4. The third-order valence-corrected chi connectivity index (χ3v) is 8.75. The standard InChI is InChI=1S/C26H26F2IN3O4S/c1-26(10-5-11-32(15-26)37(34,35)19-6-3-2-4-7-19)16-36-23-13-17(27)12-22(24(23)25(30)33)31-21-9-8-18(29)14-20(21)28/h2-4,6-9,12-14,31H,5,10-11,15-16H2,1H3,(H2,30,33). The first-order valence-electron chi connectivity index (χ1n) is 11.5. The van der Waals surface area contributed by atoms with Crippen molar-refractivity contribution < 1.29 is 26.7 Å². The first kappa shape index (κ1) is 27.3. The number of nitrogens with two attached hydrogens (primary N) is 1. The van der Waals surface area contributed by atoms with Gasteiger partial charge in [-0.1, -0.05) is 25.1 Å². The monoisotopic (exact) mass is 641 g/mol.